The number of carbonyl (C=O) groups excluding carboxylic acids is 1. The molecule has 0 aliphatic heterocycles. The van der Waals surface area contributed by atoms with Crippen molar-refractivity contribution in [1.29, 1.82) is 0 Å². The third-order valence-electron chi connectivity index (χ3n) is 2.47. The van der Waals surface area contributed by atoms with Gasteiger partial charge in [-0.05, 0) is 33.1 Å². The van der Waals surface area contributed by atoms with Crippen LogP contribution in [0.15, 0.2) is 0 Å². The molecule has 0 atom stereocenters. The zero-order chi connectivity index (χ0) is 9.35. The van der Waals surface area contributed by atoms with E-state index in [9.17, 15) is 9.90 Å². The molecular weight excluding hydrogens is 154 g/mol. The fraction of sp³-hybridized carbons (Fsp3) is 0.889. The van der Waals surface area contributed by atoms with Crippen molar-refractivity contribution in [1.82, 2.24) is 4.90 Å². The van der Waals surface area contributed by atoms with Gasteiger partial charge < -0.3 is 10.0 Å². The van der Waals surface area contributed by atoms with Crippen LogP contribution in [0, 0.1) is 0 Å². The molecule has 0 aromatic carbocycles. The minimum Gasteiger partial charge on any atom is -0.381 e. The van der Waals surface area contributed by atoms with Crippen molar-refractivity contribution in [2.45, 2.75) is 44.8 Å². The van der Waals surface area contributed by atoms with Crippen molar-refractivity contribution in [3.05, 3.63) is 0 Å². The number of hydrogen-bond acceptors (Lipinski definition) is 2. The lowest BCUT2D eigenvalue weighted by Gasteiger charge is -2.37. The van der Waals surface area contributed by atoms with Crippen molar-refractivity contribution in [3.63, 3.8) is 0 Å². The van der Waals surface area contributed by atoms with Gasteiger partial charge in [-0.15, -0.1) is 0 Å². The van der Waals surface area contributed by atoms with E-state index in [-0.39, 0.29) is 5.91 Å². The van der Waals surface area contributed by atoms with Crippen LogP contribution in [0.2, 0.25) is 0 Å². The van der Waals surface area contributed by atoms with Gasteiger partial charge in [-0.1, -0.05) is 0 Å². The zero-order valence-corrected chi connectivity index (χ0v) is 8.00. The van der Waals surface area contributed by atoms with E-state index in [4.69, 9.17) is 0 Å². The van der Waals surface area contributed by atoms with Crippen LogP contribution in [-0.4, -0.2) is 34.6 Å². The maximum Gasteiger partial charge on any atom is 0.253 e. The van der Waals surface area contributed by atoms with Gasteiger partial charge in [-0.25, -0.2) is 0 Å². The fourth-order valence-electron chi connectivity index (χ4n) is 1.37. The Morgan fingerprint density at radius 3 is 2.25 bits per heavy atom. The number of hydrogen-bond donors (Lipinski definition) is 1. The third kappa shape index (κ3) is 1.78. The lowest BCUT2D eigenvalue weighted by Crippen LogP contribution is -2.49. The van der Waals surface area contributed by atoms with Crippen LogP contribution in [-0.2, 0) is 4.79 Å². The van der Waals surface area contributed by atoms with Crippen molar-refractivity contribution in [2.75, 3.05) is 7.05 Å². The lowest BCUT2D eigenvalue weighted by molar-refractivity contribution is -0.150. The van der Waals surface area contributed by atoms with E-state index in [1.165, 1.54) is 20.3 Å². The summed E-state index contributed by atoms with van der Waals surface area (Å²) in [6, 6.07) is 0.365. The van der Waals surface area contributed by atoms with Gasteiger partial charge >= 0.3 is 0 Å². The summed E-state index contributed by atoms with van der Waals surface area (Å²) in [4.78, 5) is 13.1. The fourth-order valence-corrected chi connectivity index (χ4v) is 1.37. The quantitative estimate of drug-likeness (QED) is 0.666. The molecule has 0 aromatic rings. The second-order valence-electron chi connectivity index (χ2n) is 4.06. The summed E-state index contributed by atoms with van der Waals surface area (Å²) in [5, 5.41) is 9.43. The average molecular weight is 171 g/mol. The topological polar surface area (TPSA) is 40.5 Å². The van der Waals surface area contributed by atoms with E-state index in [1.807, 2.05) is 0 Å². The highest BCUT2D eigenvalue weighted by atomic mass is 16.3. The van der Waals surface area contributed by atoms with E-state index in [0.717, 1.165) is 12.8 Å². The van der Waals surface area contributed by atoms with Gasteiger partial charge in [0, 0.05) is 13.1 Å². The molecule has 0 radical (unpaired) electrons. The number of aliphatic hydroxyl groups is 1. The summed E-state index contributed by atoms with van der Waals surface area (Å²) in [7, 11) is 1.77. The van der Waals surface area contributed by atoms with Gasteiger partial charge in [0.1, 0.15) is 5.60 Å². The summed E-state index contributed by atoms with van der Waals surface area (Å²) in [5.74, 6) is -0.174. The van der Waals surface area contributed by atoms with Crippen molar-refractivity contribution < 1.29 is 9.90 Å². The largest absolute Gasteiger partial charge is 0.381 e. The first-order valence-electron chi connectivity index (χ1n) is 4.42. The maximum absolute atomic E-state index is 11.5. The summed E-state index contributed by atoms with van der Waals surface area (Å²) in [5.41, 5.74) is -1.22. The normalized spacial score (nSPS) is 18.7. The predicted molar refractivity (Wildman–Crippen MR) is 46.7 cm³/mol. The zero-order valence-electron chi connectivity index (χ0n) is 8.00. The molecule has 1 aliphatic carbocycles. The minimum atomic E-state index is -1.22. The molecule has 0 heterocycles. The summed E-state index contributed by atoms with van der Waals surface area (Å²) < 4.78 is 0. The van der Waals surface area contributed by atoms with Crippen LogP contribution in [0.25, 0.3) is 0 Å². The summed E-state index contributed by atoms with van der Waals surface area (Å²) in [6.45, 7) is 3.06. The maximum atomic E-state index is 11.5. The summed E-state index contributed by atoms with van der Waals surface area (Å²) >= 11 is 0. The van der Waals surface area contributed by atoms with Crippen LogP contribution in [0.3, 0.4) is 0 Å². The molecule has 1 saturated carbocycles. The second kappa shape index (κ2) is 3.05. The van der Waals surface area contributed by atoms with Crippen molar-refractivity contribution >= 4 is 5.91 Å². The van der Waals surface area contributed by atoms with E-state index in [0.29, 0.717) is 6.04 Å². The Balaban J connectivity index is 2.51. The first-order chi connectivity index (χ1) is 5.43. The van der Waals surface area contributed by atoms with E-state index in [2.05, 4.69) is 0 Å². The molecule has 1 rings (SSSR count). The highest BCUT2D eigenvalue weighted by Gasteiger charge is 2.33. The number of amides is 1. The number of rotatable bonds is 2. The first-order valence-corrected chi connectivity index (χ1v) is 4.42. The lowest BCUT2D eigenvalue weighted by atomic mass is 9.91. The number of nitrogens with zero attached hydrogens (tertiary/aromatic N) is 1. The molecule has 0 unspecified atom stereocenters. The molecule has 0 bridgehead atoms. The van der Waals surface area contributed by atoms with Crippen LogP contribution in [0.5, 0.6) is 0 Å². The molecule has 1 aliphatic rings. The van der Waals surface area contributed by atoms with Gasteiger partial charge in [0.15, 0.2) is 0 Å². The molecule has 1 amide bonds. The number of likely N-dealkylation sites (N-methyl/N-ethyl adjacent to an activating group) is 1. The van der Waals surface area contributed by atoms with Crippen LogP contribution >= 0.6 is 0 Å². The van der Waals surface area contributed by atoms with Gasteiger partial charge in [0.05, 0.1) is 0 Å². The van der Waals surface area contributed by atoms with Gasteiger partial charge in [-0.2, -0.15) is 0 Å². The highest BCUT2D eigenvalue weighted by molar-refractivity contribution is 5.84. The van der Waals surface area contributed by atoms with Crippen LogP contribution in [0.4, 0.5) is 0 Å². The van der Waals surface area contributed by atoms with Crippen molar-refractivity contribution in [2.24, 2.45) is 0 Å². The molecule has 0 saturated heterocycles. The van der Waals surface area contributed by atoms with E-state index < -0.39 is 5.60 Å². The van der Waals surface area contributed by atoms with Gasteiger partial charge in [-0.3, -0.25) is 4.79 Å². The standard InChI is InChI=1S/C9H17NO2/c1-9(2,12)8(11)10(3)7-5-4-6-7/h7,12H,4-6H2,1-3H3. The molecule has 0 spiro atoms. The minimum absolute atomic E-state index is 0.174. The third-order valence-corrected chi connectivity index (χ3v) is 2.47. The second-order valence-corrected chi connectivity index (χ2v) is 4.06. The number of carbonyl (C=O) groups is 1. The average Bonchev–Trinajstić information content (AvgIpc) is 1.79. The molecule has 70 valence electrons. The Bertz CT molecular complexity index is 179. The molecule has 3 heteroatoms. The Morgan fingerprint density at radius 2 is 2.00 bits per heavy atom. The molecular formula is C9H17NO2. The van der Waals surface area contributed by atoms with Gasteiger partial charge in [0.2, 0.25) is 0 Å². The van der Waals surface area contributed by atoms with Gasteiger partial charge in [0.25, 0.3) is 5.91 Å². The molecule has 0 aromatic heterocycles. The van der Waals surface area contributed by atoms with E-state index in [1.54, 1.807) is 11.9 Å². The molecule has 1 fully saturated rings. The highest BCUT2D eigenvalue weighted by Crippen LogP contribution is 2.25. The smallest absolute Gasteiger partial charge is 0.253 e. The summed E-state index contributed by atoms with van der Waals surface area (Å²) in [6.07, 6.45) is 3.37. The van der Waals surface area contributed by atoms with Crippen LogP contribution in [0.1, 0.15) is 33.1 Å². The van der Waals surface area contributed by atoms with Crippen LogP contribution < -0.4 is 0 Å². The SMILES string of the molecule is CN(C(=O)C(C)(C)O)C1CCC1. The predicted octanol–water partition coefficient (Wildman–Crippen LogP) is 0.768. The first kappa shape index (κ1) is 9.52. The Hall–Kier alpha value is -0.570. The van der Waals surface area contributed by atoms with E-state index >= 15 is 0 Å². The Kier molecular flexibility index (Phi) is 2.42. The van der Waals surface area contributed by atoms with Crippen molar-refractivity contribution in [3.8, 4) is 0 Å². The Labute approximate surface area is 73.4 Å². The monoisotopic (exact) mass is 171 g/mol. The molecule has 12 heavy (non-hydrogen) atoms. The molecule has 1 N–H and O–H groups in total. The Morgan fingerprint density at radius 1 is 1.50 bits per heavy atom. The molecule has 3 nitrogen and oxygen atoms in total.